The van der Waals surface area contributed by atoms with Crippen molar-refractivity contribution in [3.63, 3.8) is 0 Å². The zero-order chi connectivity index (χ0) is 24.2. The maximum absolute atomic E-state index is 13.3. The van der Waals surface area contributed by atoms with Crippen molar-refractivity contribution in [2.75, 3.05) is 45.3 Å². The predicted molar refractivity (Wildman–Crippen MR) is 134 cm³/mol. The van der Waals surface area contributed by atoms with Crippen LogP contribution in [0.3, 0.4) is 0 Å². The lowest BCUT2D eigenvalue weighted by Gasteiger charge is -2.27. The minimum absolute atomic E-state index is 0.206. The quantitative estimate of drug-likeness (QED) is 0.430. The molecule has 34 heavy (non-hydrogen) atoms. The zero-order valence-corrected chi connectivity index (χ0v) is 21.1. The number of fused-ring (bicyclic) bond motifs is 1. The highest BCUT2D eigenvalue weighted by Gasteiger charge is 2.40. The molecule has 2 aliphatic heterocycles. The van der Waals surface area contributed by atoms with Crippen molar-refractivity contribution in [3.8, 4) is 0 Å². The second-order valence-corrected chi connectivity index (χ2v) is 10.5. The summed E-state index contributed by atoms with van der Waals surface area (Å²) in [6.07, 6.45) is 4.50. The largest absolute Gasteiger partial charge is 0.465 e. The van der Waals surface area contributed by atoms with E-state index >= 15 is 0 Å². The summed E-state index contributed by atoms with van der Waals surface area (Å²) < 4.78 is 10.3. The van der Waals surface area contributed by atoms with Crippen molar-refractivity contribution >= 4 is 50.9 Å². The van der Waals surface area contributed by atoms with E-state index in [1.165, 1.54) is 30.2 Å². The summed E-state index contributed by atoms with van der Waals surface area (Å²) in [5.41, 5.74) is 8.33. The first-order chi connectivity index (χ1) is 16.5. The molecule has 0 bridgehead atoms. The van der Waals surface area contributed by atoms with Gasteiger partial charge in [-0.15, -0.1) is 11.3 Å². The van der Waals surface area contributed by atoms with Gasteiger partial charge in [0, 0.05) is 30.2 Å². The van der Waals surface area contributed by atoms with Crippen LogP contribution in [0.1, 0.15) is 47.0 Å². The topological polar surface area (TPSA) is 123 Å². The van der Waals surface area contributed by atoms with Crippen LogP contribution in [0.4, 0.5) is 5.00 Å². The summed E-state index contributed by atoms with van der Waals surface area (Å²) in [6.45, 7) is 4.52. The average Bonchev–Trinajstić information content (AvgIpc) is 3.52. The number of morpholine rings is 1. The Kier molecular flexibility index (Phi) is 7.95. The van der Waals surface area contributed by atoms with Gasteiger partial charge in [0.2, 0.25) is 5.91 Å². The van der Waals surface area contributed by atoms with Gasteiger partial charge in [-0.05, 0) is 31.2 Å². The summed E-state index contributed by atoms with van der Waals surface area (Å²) >= 11 is 2.61. The van der Waals surface area contributed by atoms with Gasteiger partial charge >= 0.3 is 5.97 Å². The van der Waals surface area contributed by atoms with Crippen LogP contribution in [0.15, 0.2) is 16.3 Å². The molecule has 0 spiro atoms. The minimum Gasteiger partial charge on any atom is -0.465 e. The van der Waals surface area contributed by atoms with Gasteiger partial charge in [-0.3, -0.25) is 14.6 Å². The summed E-state index contributed by atoms with van der Waals surface area (Å²) in [4.78, 5) is 46.5. The van der Waals surface area contributed by atoms with Crippen molar-refractivity contribution in [1.29, 1.82) is 0 Å². The molecule has 1 atom stereocenters. The van der Waals surface area contributed by atoms with E-state index in [4.69, 9.17) is 15.2 Å². The number of thioether (sulfide) groups is 1. The Balaban J connectivity index is 1.60. The van der Waals surface area contributed by atoms with Crippen molar-refractivity contribution in [2.45, 2.75) is 44.3 Å². The molecule has 0 radical (unpaired) electrons. The van der Waals surface area contributed by atoms with Crippen LogP contribution in [-0.4, -0.2) is 72.9 Å². The average molecular weight is 507 g/mol. The highest BCUT2D eigenvalue weighted by atomic mass is 32.2. The predicted octanol–water partition coefficient (Wildman–Crippen LogP) is 2.35. The molecule has 184 valence electrons. The summed E-state index contributed by atoms with van der Waals surface area (Å²) in [7, 11) is 1.34. The van der Waals surface area contributed by atoms with Crippen LogP contribution in [0, 0.1) is 0 Å². The number of amides is 2. The van der Waals surface area contributed by atoms with Crippen molar-refractivity contribution in [1.82, 2.24) is 4.90 Å². The number of rotatable bonds is 7. The maximum Gasteiger partial charge on any atom is 0.341 e. The number of aliphatic imine (C=N–C) groups is 1. The van der Waals surface area contributed by atoms with Gasteiger partial charge in [-0.1, -0.05) is 25.1 Å². The number of carbonyl (C=O) groups excluding carboxylic acids is 3. The van der Waals surface area contributed by atoms with E-state index in [1.54, 1.807) is 4.90 Å². The van der Waals surface area contributed by atoms with E-state index in [9.17, 15) is 14.4 Å². The number of unbranched alkanes of at least 4 members (excludes halogenated alkanes) is 1. The molecule has 0 saturated carbocycles. The van der Waals surface area contributed by atoms with E-state index in [-0.39, 0.29) is 17.5 Å². The van der Waals surface area contributed by atoms with Crippen molar-refractivity contribution < 1.29 is 23.9 Å². The second-order valence-electron chi connectivity index (χ2n) is 8.32. The van der Waals surface area contributed by atoms with Gasteiger partial charge in [0.05, 0.1) is 31.5 Å². The molecule has 4 rings (SSSR count). The van der Waals surface area contributed by atoms with Gasteiger partial charge in [0.15, 0.2) is 0 Å². The molecule has 3 heterocycles. The third kappa shape index (κ3) is 4.87. The third-order valence-corrected chi connectivity index (χ3v) is 8.55. The number of thiophene rings is 1. The fourth-order valence-corrected chi connectivity index (χ4v) is 6.67. The molecular formula is C23H30N4O5S2. The molecule has 3 N–H and O–H groups in total. The van der Waals surface area contributed by atoms with E-state index in [0.29, 0.717) is 54.0 Å². The van der Waals surface area contributed by atoms with E-state index in [0.717, 1.165) is 42.5 Å². The SMILES string of the molecule is CCCCN=C1S[C@@H](C(=O)Nc2sc3c(c2C(=O)OC)CCC3)C(N)=C1C(=O)N1CCOCC1. The molecular weight excluding hydrogens is 476 g/mol. The normalized spacial score (nSPS) is 21.2. The highest BCUT2D eigenvalue weighted by molar-refractivity contribution is 8.16. The van der Waals surface area contributed by atoms with E-state index in [1.807, 2.05) is 0 Å². The molecule has 9 nitrogen and oxygen atoms in total. The molecule has 1 aromatic rings. The number of nitrogens with zero attached hydrogens (tertiary/aromatic N) is 2. The number of methoxy groups -OCH3 is 1. The van der Waals surface area contributed by atoms with Crippen LogP contribution in [0.5, 0.6) is 0 Å². The van der Waals surface area contributed by atoms with Gasteiger partial charge in [0.25, 0.3) is 5.91 Å². The Bertz CT molecular complexity index is 1040. The number of esters is 1. The Hall–Kier alpha value is -2.37. The lowest BCUT2D eigenvalue weighted by Crippen LogP contribution is -2.42. The molecule has 2 amide bonds. The number of hydrogen-bond acceptors (Lipinski definition) is 9. The number of hydrogen-bond donors (Lipinski definition) is 2. The summed E-state index contributed by atoms with van der Waals surface area (Å²) in [6, 6.07) is 0. The molecule has 1 fully saturated rings. The van der Waals surface area contributed by atoms with Crippen molar-refractivity contribution in [3.05, 3.63) is 27.3 Å². The molecule has 0 unspecified atom stereocenters. The summed E-state index contributed by atoms with van der Waals surface area (Å²) in [5.74, 6) is -1.05. The minimum atomic E-state index is -0.803. The van der Waals surface area contributed by atoms with Crippen LogP contribution in [-0.2, 0) is 31.9 Å². The standard InChI is InChI=1S/C23H30N4O5S2/c1-3-4-8-25-20-16(22(29)27-9-11-32-12-10-27)17(24)18(34-20)19(28)26-21-15(23(30)31-2)13-6-5-7-14(13)33-21/h18H,3-12,24H2,1-2H3,(H,26,28)/t18-/m1/s1. The molecule has 1 saturated heterocycles. The third-order valence-electron chi connectivity index (χ3n) is 6.08. The lowest BCUT2D eigenvalue weighted by molar-refractivity contribution is -0.130. The molecule has 1 aromatic heterocycles. The fourth-order valence-electron chi connectivity index (χ4n) is 4.27. The zero-order valence-electron chi connectivity index (χ0n) is 19.5. The Labute approximate surface area is 207 Å². The lowest BCUT2D eigenvalue weighted by atomic mass is 10.1. The Morgan fingerprint density at radius 3 is 2.74 bits per heavy atom. The van der Waals surface area contributed by atoms with Gasteiger partial charge in [-0.2, -0.15) is 0 Å². The molecule has 3 aliphatic rings. The van der Waals surface area contributed by atoms with Crippen LogP contribution in [0.2, 0.25) is 0 Å². The fraction of sp³-hybridized carbons (Fsp3) is 0.565. The Morgan fingerprint density at radius 1 is 1.26 bits per heavy atom. The first-order valence-electron chi connectivity index (χ1n) is 11.6. The van der Waals surface area contributed by atoms with Crippen molar-refractivity contribution in [2.24, 2.45) is 10.7 Å². The maximum atomic E-state index is 13.3. The number of nitrogens with one attached hydrogen (secondary N) is 1. The van der Waals surface area contributed by atoms with Crippen LogP contribution >= 0.6 is 23.1 Å². The number of nitrogens with two attached hydrogens (primary N) is 1. The molecule has 0 aromatic carbocycles. The smallest absolute Gasteiger partial charge is 0.341 e. The van der Waals surface area contributed by atoms with Gasteiger partial charge < -0.3 is 25.4 Å². The van der Waals surface area contributed by atoms with E-state index < -0.39 is 11.2 Å². The molecule has 11 heteroatoms. The number of anilines is 1. The highest BCUT2D eigenvalue weighted by Crippen LogP contribution is 2.41. The first-order valence-corrected chi connectivity index (χ1v) is 13.3. The van der Waals surface area contributed by atoms with Gasteiger partial charge in [0.1, 0.15) is 15.3 Å². The van der Waals surface area contributed by atoms with Gasteiger partial charge in [-0.25, -0.2) is 4.79 Å². The molecule has 1 aliphatic carbocycles. The monoisotopic (exact) mass is 506 g/mol. The first kappa shape index (κ1) is 24.7. The van der Waals surface area contributed by atoms with Crippen LogP contribution < -0.4 is 11.1 Å². The Morgan fingerprint density at radius 2 is 2.03 bits per heavy atom. The van der Waals surface area contributed by atoms with Crippen LogP contribution in [0.25, 0.3) is 0 Å². The number of ether oxygens (including phenoxy) is 2. The van der Waals surface area contributed by atoms with E-state index in [2.05, 4.69) is 17.2 Å². The number of aryl methyl sites for hydroxylation is 1. The summed E-state index contributed by atoms with van der Waals surface area (Å²) in [5, 5.41) is 3.08. The second kappa shape index (κ2) is 10.9. The number of carbonyl (C=O) groups is 3.